The van der Waals surface area contributed by atoms with Crippen LogP contribution in [0.1, 0.15) is 40.8 Å². The van der Waals surface area contributed by atoms with Gasteiger partial charge in [-0.2, -0.15) is 10.2 Å². The summed E-state index contributed by atoms with van der Waals surface area (Å²) in [5.74, 6) is 0.0833. The van der Waals surface area contributed by atoms with Crippen LogP contribution in [0.15, 0.2) is 18.3 Å². The SMILES string of the molecule is CCn1nc(C)c(C(=O)N2CC=C(c3ccnn3C)CC2)c1C. The van der Waals surface area contributed by atoms with Gasteiger partial charge in [-0.05, 0) is 38.8 Å². The zero-order valence-electron chi connectivity index (χ0n) is 14.2. The molecule has 0 bridgehead atoms. The van der Waals surface area contributed by atoms with Gasteiger partial charge in [-0.3, -0.25) is 14.2 Å². The van der Waals surface area contributed by atoms with Crippen LogP contribution in [0.5, 0.6) is 0 Å². The average Bonchev–Trinajstić information content (AvgIpc) is 3.10. The number of hydrogen-bond acceptors (Lipinski definition) is 3. The minimum absolute atomic E-state index is 0.0833. The van der Waals surface area contributed by atoms with E-state index in [1.807, 2.05) is 48.1 Å². The Morgan fingerprint density at radius 2 is 2.13 bits per heavy atom. The number of aryl methyl sites for hydroxylation is 3. The molecule has 0 radical (unpaired) electrons. The highest BCUT2D eigenvalue weighted by Gasteiger charge is 2.25. The number of carbonyl (C=O) groups excluding carboxylic acids is 1. The Bertz CT molecular complexity index is 768. The Kier molecular flexibility index (Phi) is 4.07. The molecule has 1 aliphatic rings. The molecule has 0 fully saturated rings. The predicted octanol–water partition coefficient (Wildman–Crippen LogP) is 2.18. The van der Waals surface area contributed by atoms with Crippen LogP contribution in [0.4, 0.5) is 0 Å². The van der Waals surface area contributed by atoms with Crippen molar-refractivity contribution in [2.24, 2.45) is 7.05 Å². The molecule has 3 heterocycles. The maximum Gasteiger partial charge on any atom is 0.257 e. The molecule has 122 valence electrons. The summed E-state index contributed by atoms with van der Waals surface area (Å²) in [5, 5.41) is 8.67. The fraction of sp³-hybridized carbons (Fsp3) is 0.471. The molecule has 0 saturated heterocycles. The van der Waals surface area contributed by atoms with E-state index in [-0.39, 0.29) is 5.91 Å². The van der Waals surface area contributed by atoms with Gasteiger partial charge in [-0.15, -0.1) is 0 Å². The van der Waals surface area contributed by atoms with Crippen molar-refractivity contribution >= 4 is 11.5 Å². The van der Waals surface area contributed by atoms with Gasteiger partial charge in [0, 0.05) is 38.6 Å². The second-order valence-corrected chi connectivity index (χ2v) is 5.93. The van der Waals surface area contributed by atoms with E-state index in [1.165, 1.54) is 5.57 Å². The van der Waals surface area contributed by atoms with Crippen LogP contribution in [-0.4, -0.2) is 43.5 Å². The molecule has 1 amide bonds. The van der Waals surface area contributed by atoms with Crippen LogP contribution in [0.3, 0.4) is 0 Å². The molecular weight excluding hydrogens is 290 g/mol. The highest BCUT2D eigenvalue weighted by molar-refractivity contribution is 5.97. The fourth-order valence-electron chi connectivity index (χ4n) is 3.25. The first-order chi connectivity index (χ1) is 11.0. The van der Waals surface area contributed by atoms with Gasteiger partial charge >= 0.3 is 0 Å². The minimum atomic E-state index is 0.0833. The topological polar surface area (TPSA) is 56.0 Å². The molecular formula is C17H23N5O. The Balaban J connectivity index is 1.80. The molecule has 0 spiro atoms. The Labute approximate surface area is 136 Å². The van der Waals surface area contributed by atoms with Crippen molar-refractivity contribution in [2.45, 2.75) is 33.7 Å². The second-order valence-electron chi connectivity index (χ2n) is 5.93. The molecule has 0 N–H and O–H groups in total. The van der Waals surface area contributed by atoms with E-state index in [1.54, 1.807) is 6.20 Å². The lowest BCUT2D eigenvalue weighted by atomic mass is 10.0. The highest BCUT2D eigenvalue weighted by atomic mass is 16.2. The molecule has 0 aliphatic carbocycles. The largest absolute Gasteiger partial charge is 0.334 e. The lowest BCUT2D eigenvalue weighted by Gasteiger charge is -2.26. The van der Waals surface area contributed by atoms with Gasteiger partial charge in [0.2, 0.25) is 0 Å². The van der Waals surface area contributed by atoms with Gasteiger partial charge in [0.25, 0.3) is 5.91 Å². The predicted molar refractivity (Wildman–Crippen MR) is 89.1 cm³/mol. The van der Waals surface area contributed by atoms with Gasteiger partial charge in [0.1, 0.15) is 0 Å². The van der Waals surface area contributed by atoms with Crippen molar-refractivity contribution < 1.29 is 4.79 Å². The number of hydrogen-bond donors (Lipinski definition) is 0. The van der Waals surface area contributed by atoms with Crippen molar-refractivity contribution in [2.75, 3.05) is 13.1 Å². The molecule has 6 nitrogen and oxygen atoms in total. The molecule has 0 aromatic carbocycles. The van der Waals surface area contributed by atoms with E-state index >= 15 is 0 Å². The number of amides is 1. The quantitative estimate of drug-likeness (QED) is 0.873. The summed E-state index contributed by atoms with van der Waals surface area (Å²) >= 11 is 0. The van der Waals surface area contributed by atoms with E-state index in [4.69, 9.17) is 0 Å². The van der Waals surface area contributed by atoms with Crippen molar-refractivity contribution in [1.82, 2.24) is 24.5 Å². The zero-order chi connectivity index (χ0) is 16.6. The van der Waals surface area contributed by atoms with Crippen molar-refractivity contribution in [3.8, 4) is 0 Å². The molecule has 0 saturated carbocycles. The van der Waals surface area contributed by atoms with E-state index < -0.39 is 0 Å². The molecule has 2 aromatic heterocycles. The van der Waals surface area contributed by atoms with Gasteiger partial charge in [-0.25, -0.2) is 0 Å². The lowest BCUT2D eigenvalue weighted by molar-refractivity contribution is 0.0771. The summed E-state index contributed by atoms with van der Waals surface area (Å²) in [6.07, 6.45) is 4.79. The van der Waals surface area contributed by atoms with Crippen molar-refractivity contribution in [3.05, 3.63) is 41.0 Å². The summed E-state index contributed by atoms with van der Waals surface area (Å²) < 4.78 is 3.77. The number of rotatable bonds is 3. The minimum Gasteiger partial charge on any atom is -0.334 e. The van der Waals surface area contributed by atoms with Gasteiger partial charge in [-0.1, -0.05) is 6.08 Å². The fourth-order valence-corrected chi connectivity index (χ4v) is 3.25. The summed E-state index contributed by atoms with van der Waals surface area (Å²) in [7, 11) is 1.94. The maximum absolute atomic E-state index is 12.9. The Morgan fingerprint density at radius 3 is 2.65 bits per heavy atom. The summed E-state index contributed by atoms with van der Waals surface area (Å²) in [5.41, 5.74) is 4.91. The molecule has 23 heavy (non-hydrogen) atoms. The molecule has 0 atom stereocenters. The first-order valence-corrected chi connectivity index (χ1v) is 8.03. The van der Waals surface area contributed by atoms with Crippen LogP contribution in [0, 0.1) is 13.8 Å². The second kappa shape index (κ2) is 6.02. The van der Waals surface area contributed by atoms with E-state index in [0.29, 0.717) is 6.54 Å². The monoisotopic (exact) mass is 313 g/mol. The normalized spacial score (nSPS) is 15.0. The number of aromatic nitrogens is 4. The lowest BCUT2D eigenvalue weighted by Crippen LogP contribution is -2.35. The maximum atomic E-state index is 12.9. The molecule has 1 aliphatic heterocycles. The Morgan fingerprint density at radius 1 is 1.35 bits per heavy atom. The van der Waals surface area contributed by atoms with Crippen LogP contribution < -0.4 is 0 Å². The third-order valence-electron chi connectivity index (χ3n) is 4.54. The van der Waals surface area contributed by atoms with Crippen molar-refractivity contribution in [1.29, 1.82) is 0 Å². The summed E-state index contributed by atoms with van der Waals surface area (Å²) in [4.78, 5) is 14.8. The van der Waals surface area contributed by atoms with Gasteiger partial charge in [0.05, 0.1) is 17.0 Å². The van der Waals surface area contributed by atoms with Crippen LogP contribution in [-0.2, 0) is 13.6 Å². The first kappa shape index (κ1) is 15.5. The summed E-state index contributed by atoms with van der Waals surface area (Å²) in [6, 6.07) is 2.02. The number of nitrogens with zero attached hydrogens (tertiary/aromatic N) is 5. The third kappa shape index (κ3) is 2.69. The van der Waals surface area contributed by atoms with Gasteiger partial charge < -0.3 is 4.90 Å². The molecule has 3 rings (SSSR count). The molecule has 2 aromatic rings. The molecule has 6 heteroatoms. The Hall–Kier alpha value is -2.37. The van der Waals surface area contributed by atoms with E-state index in [0.717, 1.165) is 42.2 Å². The van der Waals surface area contributed by atoms with Crippen LogP contribution in [0.25, 0.3) is 5.57 Å². The average molecular weight is 313 g/mol. The standard InChI is InChI=1S/C17H23N5O/c1-5-22-13(3)16(12(2)19-22)17(23)21-10-7-14(8-11-21)15-6-9-18-20(15)4/h6-7,9H,5,8,10-11H2,1-4H3. The zero-order valence-corrected chi connectivity index (χ0v) is 14.2. The third-order valence-corrected chi connectivity index (χ3v) is 4.54. The van der Waals surface area contributed by atoms with Crippen molar-refractivity contribution in [3.63, 3.8) is 0 Å². The highest BCUT2D eigenvalue weighted by Crippen LogP contribution is 2.24. The van der Waals surface area contributed by atoms with E-state index in [9.17, 15) is 4.79 Å². The smallest absolute Gasteiger partial charge is 0.257 e. The van der Waals surface area contributed by atoms with Crippen LogP contribution >= 0.6 is 0 Å². The molecule has 0 unspecified atom stereocenters. The summed E-state index contributed by atoms with van der Waals surface area (Å²) in [6.45, 7) is 8.06. The first-order valence-electron chi connectivity index (χ1n) is 8.03. The van der Waals surface area contributed by atoms with Gasteiger partial charge in [0.15, 0.2) is 0 Å². The van der Waals surface area contributed by atoms with Crippen LogP contribution in [0.2, 0.25) is 0 Å². The van der Waals surface area contributed by atoms with E-state index in [2.05, 4.69) is 16.3 Å². The number of carbonyl (C=O) groups is 1.